The van der Waals surface area contributed by atoms with Crippen molar-refractivity contribution >= 4 is 0 Å². The van der Waals surface area contributed by atoms with E-state index in [4.69, 9.17) is 0 Å². The smallest absolute Gasteiger partial charge is 0.0506 e. The van der Waals surface area contributed by atoms with Gasteiger partial charge in [-0.1, -0.05) is 0 Å². The zero-order chi connectivity index (χ0) is 7.07. The summed E-state index contributed by atoms with van der Waals surface area (Å²) in [5.74, 6) is 0. The van der Waals surface area contributed by atoms with E-state index in [1.165, 1.54) is 6.54 Å². The molecule has 0 N–H and O–H groups in total. The molecule has 9 heavy (non-hydrogen) atoms. The molecule has 0 unspecified atom stereocenters. The largest absolute Gasteiger partial charge is 0.292 e. The molecule has 0 saturated carbocycles. The highest BCUT2D eigenvalue weighted by atomic mass is 15.4. The first-order valence-electron chi connectivity index (χ1n) is 3.42. The van der Waals surface area contributed by atoms with Gasteiger partial charge in [0.15, 0.2) is 0 Å². The molecule has 0 aromatic heterocycles. The number of hydrogen-bond acceptors (Lipinski definition) is 2. The van der Waals surface area contributed by atoms with E-state index < -0.39 is 0 Å². The Balaban J connectivity index is 2.58. The van der Waals surface area contributed by atoms with Crippen LogP contribution in [-0.4, -0.2) is 42.6 Å². The van der Waals surface area contributed by atoms with Crippen molar-refractivity contribution in [3.63, 3.8) is 0 Å². The molecule has 0 spiro atoms. The number of likely N-dealkylation sites (N-methyl/N-ethyl adjacent to an activating group) is 2. The lowest BCUT2D eigenvalue weighted by Gasteiger charge is -2.25. The molecule has 0 radical (unpaired) electrons. The molecule has 1 fully saturated rings. The molecular weight excluding hydrogens is 112 g/mol. The molecule has 0 amide bonds. The quantitative estimate of drug-likeness (QED) is 0.471. The highest BCUT2D eigenvalue weighted by molar-refractivity contribution is 4.87. The molecule has 0 aromatic rings. The number of hydrogen-bond donors (Lipinski definition) is 0. The average Bonchev–Trinajstić information content (AvgIpc) is 1.79. The van der Waals surface area contributed by atoms with Crippen LogP contribution < -0.4 is 0 Å². The van der Waals surface area contributed by atoms with Gasteiger partial charge in [0.05, 0.1) is 6.67 Å². The standard InChI is InChI=1S/C7H16N2/c1-7(2)5-8(3)6-9(7)4/h5-6H2,1-4H3. The summed E-state index contributed by atoms with van der Waals surface area (Å²) in [6, 6.07) is 0. The molecule has 54 valence electrons. The van der Waals surface area contributed by atoms with Crippen molar-refractivity contribution in [3.05, 3.63) is 0 Å². The Hall–Kier alpha value is -0.0800. The van der Waals surface area contributed by atoms with E-state index >= 15 is 0 Å². The predicted octanol–water partition coefficient (Wildman–Crippen LogP) is 0.600. The highest BCUT2D eigenvalue weighted by Gasteiger charge is 2.31. The fourth-order valence-electron chi connectivity index (χ4n) is 1.38. The summed E-state index contributed by atoms with van der Waals surface area (Å²) in [4.78, 5) is 4.70. The lowest BCUT2D eigenvalue weighted by atomic mass is 10.1. The fourth-order valence-corrected chi connectivity index (χ4v) is 1.38. The Kier molecular flexibility index (Phi) is 1.53. The van der Waals surface area contributed by atoms with Gasteiger partial charge in [0.2, 0.25) is 0 Å². The second-order valence-electron chi connectivity index (χ2n) is 3.67. The summed E-state index contributed by atoms with van der Waals surface area (Å²) < 4.78 is 0. The minimum absolute atomic E-state index is 0.384. The van der Waals surface area contributed by atoms with E-state index in [1.54, 1.807) is 0 Å². The van der Waals surface area contributed by atoms with Gasteiger partial charge in [0.25, 0.3) is 0 Å². The molecule has 0 atom stereocenters. The molecule has 1 aliphatic rings. The SMILES string of the molecule is CN1CN(C)C(C)(C)C1. The molecular formula is C7H16N2. The van der Waals surface area contributed by atoms with Gasteiger partial charge < -0.3 is 0 Å². The van der Waals surface area contributed by atoms with Crippen LogP contribution in [0.1, 0.15) is 13.8 Å². The summed E-state index contributed by atoms with van der Waals surface area (Å²) in [5, 5.41) is 0. The van der Waals surface area contributed by atoms with Gasteiger partial charge in [-0.15, -0.1) is 0 Å². The average molecular weight is 128 g/mol. The second-order valence-corrected chi connectivity index (χ2v) is 3.67. The van der Waals surface area contributed by atoms with Crippen LogP contribution >= 0.6 is 0 Å². The Bertz CT molecular complexity index is 109. The van der Waals surface area contributed by atoms with Crippen molar-refractivity contribution in [3.8, 4) is 0 Å². The van der Waals surface area contributed by atoms with Crippen LogP contribution in [-0.2, 0) is 0 Å². The highest BCUT2D eigenvalue weighted by Crippen LogP contribution is 2.19. The van der Waals surface area contributed by atoms with E-state index in [9.17, 15) is 0 Å². The van der Waals surface area contributed by atoms with Crippen LogP contribution in [0.25, 0.3) is 0 Å². The monoisotopic (exact) mass is 128 g/mol. The summed E-state index contributed by atoms with van der Waals surface area (Å²) in [5.41, 5.74) is 0.384. The van der Waals surface area contributed by atoms with Crippen molar-refractivity contribution in [1.29, 1.82) is 0 Å². The first-order chi connectivity index (χ1) is 4.02. The molecule has 0 aliphatic carbocycles. The molecule has 2 nitrogen and oxygen atoms in total. The second kappa shape index (κ2) is 1.96. The zero-order valence-corrected chi connectivity index (χ0v) is 6.81. The minimum atomic E-state index is 0.384. The maximum atomic E-state index is 2.37. The van der Waals surface area contributed by atoms with Crippen LogP contribution in [0.2, 0.25) is 0 Å². The van der Waals surface area contributed by atoms with Gasteiger partial charge in [-0.2, -0.15) is 0 Å². The van der Waals surface area contributed by atoms with E-state index in [0.717, 1.165) is 6.67 Å². The Morgan fingerprint density at radius 3 is 1.89 bits per heavy atom. The van der Waals surface area contributed by atoms with Crippen LogP contribution in [0.15, 0.2) is 0 Å². The molecule has 0 aromatic carbocycles. The zero-order valence-electron chi connectivity index (χ0n) is 6.81. The van der Waals surface area contributed by atoms with Crippen LogP contribution in [0.4, 0.5) is 0 Å². The molecule has 1 heterocycles. The first kappa shape index (κ1) is 7.03. The minimum Gasteiger partial charge on any atom is -0.292 e. The third-order valence-electron chi connectivity index (χ3n) is 2.14. The van der Waals surface area contributed by atoms with Crippen molar-refractivity contribution in [1.82, 2.24) is 9.80 Å². The predicted molar refractivity (Wildman–Crippen MR) is 39.3 cm³/mol. The van der Waals surface area contributed by atoms with E-state index in [2.05, 4.69) is 37.7 Å². The topological polar surface area (TPSA) is 6.48 Å². The number of rotatable bonds is 0. The maximum absolute atomic E-state index is 2.37. The molecule has 2 heteroatoms. The van der Waals surface area contributed by atoms with Crippen molar-refractivity contribution in [2.75, 3.05) is 27.3 Å². The first-order valence-corrected chi connectivity index (χ1v) is 3.42. The van der Waals surface area contributed by atoms with E-state index in [-0.39, 0.29) is 0 Å². The Labute approximate surface area is 57.4 Å². The molecule has 1 aliphatic heterocycles. The summed E-state index contributed by atoms with van der Waals surface area (Å²) >= 11 is 0. The van der Waals surface area contributed by atoms with Crippen LogP contribution in [0.5, 0.6) is 0 Å². The summed E-state index contributed by atoms with van der Waals surface area (Å²) in [7, 11) is 4.33. The fraction of sp³-hybridized carbons (Fsp3) is 1.00. The molecule has 1 rings (SSSR count). The molecule has 0 bridgehead atoms. The Morgan fingerprint density at radius 1 is 1.22 bits per heavy atom. The van der Waals surface area contributed by atoms with Gasteiger partial charge in [-0.3, -0.25) is 9.80 Å². The van der Waals surface area contributed by atoms with Crippen molar-refractivity contribution < 1.29 is 0 Å². The van der Waals surface area contributed by atoms with Gasteiger partial charge >= 0.3 is 0 Å². The van der Waals surface area contributed by atoms with E-state index in [0.29, 0.717) is 5.54 Å². The van der Waals surface area contributed by atoms with Crippen LogP contribution in [0, 0.1) is 0 Å². The van der Waals surface area contributed by atoms with Gasteiger partial charge in [-0.25, -0.2) is 0 Å². The maximum Gasteiger partial charge on any atom is 0.0506 e. The number of nitrogens with zero attached hydrogens (tertiary/aromatic N) is 2. The third-order valence-corrected chi connectivity index (χ3v) is 2.14. The van der Waals surface area contributed by atoms with Gasteiger partial charge in [0, 0.05) is 12.1 Å². The lowest BCUT2D eigenvalue weighted by molar-refractivity contribution is 0.223. The van der Waals surface area contributed by atoms with Gasteiger partial charge in [0.1, 0.15) is 0 Å². The van der Waals surface area contributed by atoms with Crippen molar-refractivity contribution in [2.45, 2.75) is 19.4 Å². The Morgan fingerprint density at radius 2 is 1.78 bits per heavy atom. The van der Waals surface area contributed by atoms with E-state index in [1.807, 2.05) is 0 Å². The van der Waals surface area contributed by atoms with Crippen LogP contribution in [0.3, 0.4) is 0 Å². The third kappa shape index (κ3) is 1.25. The summed E-state index contributed by atoms with van der Waals surface area (Å²) in [6.07, 6.45) is 0. The van der Waals surface area contributed by atoms with Gasteiger partial charge in [-0.05, 0) is 27.9 Å². The summed E-state index contributed by atoms with van der Waals surface area (Å²) in [6.45, 7) is 6.84. The van der Waals surface area contributed by atoms with Crippen molar-refractivity contribution in [2.24, 2.45) is 0 Å². The lowest BCUT2D eigenvalue weighted by Crippen LogP contribution is -2.36. The molecule has 1 saturated heterocycles. The normalized spacial score (nSPS) is 29.3.